The Hall–Kier alpha value is -4.00. The van der Waals surface area contributed by atoms with Crippen molar-refractivity contribution in [2.75, 3.05) is 0 Å². The molecule has 40 heavy (non-hydrogen) atoms. The zero-order chi connectivity index (χ0) is 27.6. The van der Waals surface area contributed by atoms with E-state index >= 15 is 0 Å². The highest BCUT2D eigenvalue weighted by Gasteiger charge is 2.20. The maximum atomic E-state index is 11.2. The first-order valence-electron chi connectivity index (χ1n) is 12.7. The van der Waals surface area contributed by atoms with Gasteiger partial charge in [-0.25, -0.2) is 0 Å². The van der Waals surface area contributed by atoms with E-state index in [9.17, 15) is 10.2 Å². The average molecular weight is 656 g/mol. The molecule has 0 unspecified atom stereocenters. The molecule has 198 valence electrons. The molecular formula is C34H24Br2O4. The molecule has 4 nitrogen and oxygen atoms in total. The van der Waals surface area contributed by atoms with Crippen LogP contribution in [0.1, 0.15) is 11.1 Å². The number of hydrogen-bond donors (Lipinski definition) is 2. The summed E-state index contributed by atoms with van der Waals surface area (Å²) < 4.78 is 13.9. The summed E-state index contributed by atoms with van der Waals surface area (Å²) in [4.78, 5) is 0. The molecule has 0 spiro atoms. The van der Waals surface area contributed by atoms with Gasteiger partial charge in [0.1, 0.15) is 36.2 Å². The van der Waals surface area contributed by atoms with Gasteiger partial charge in [-0.2, -0.15) is 0 Å². The molecule has 0 aliphatic carbocycles. The molecule has 0 aliphatic rings. The summed E-state index contributed by atoms with van der Waals surface area (Å²) in [5.74, 6) is 1.39. The second-order valence-electron chi connectivity index (χ2n) is 9.48. The van der Waals surface area contributed by atoms with E-state index in [2.05, 4.69) is 31.9 Å². The van der Waals surface area contributed by atoms with Crippen LogP contribution in [0.4, 0.5) is 0 Å². The van der Waals surface area contributed by atoms with Crippen LogP contribution in [-0.4, -0.2) is 10.2 Å². The molecule has 0 saturated heterocycles. The van der Waals surface area contributed by atoms with Gasteiger partial charge in [0.25, 0.3) is 0 Å². The van der Waals surface area contributed by atoms with Gasteiger partial charge in [-0.1, -0.05) is 72.8 Å². The molecule has 0 radical (unpaired) electrons. The fraction of sp³-hybridized carbons (Fsp3) is 0.0588. The standard InChI is InChI=1S/C34H24Br2O4/c35-27-15-23-11-13-29(37)33(25(23)17-31(27)39-19-21-7-3-1-4-8-21)34-26-18-32(40-20-22-9-5-2-6-10-22)28(36)16-24(26)12-14-30(34)38/h1-18,37-38H,19-20H2. The Kier molecular flexibility index (Phi) is 7.37. The van der Waals surface area contributed by atoms with E-state index in [1.165, 1.54) is 0 Å². The van der Waals surface area contributed by atoms with Gasteiger partial charge in [0.2, 0.25) is 0 Å². The highest BCUT2D eigenvalue weighted by molar-refractivity contribution is 9.11. The molecular weight excluding hydrogens is 632 g/mol. The molecule has 2 N–H and O–H groups in total. The molecule has 0 aromatic heterocycles. The van der Waals surface area contributed by atoms with Crippen LogP contribution in [0.3, 0.4) is 0 Å². The summed E-state index contributed by atoms with van der Waals surface area (Å²) in [6, 6.07) is 34.6. The molecule has 0 atom stereocenters. The minimum Gasteiger partial charge on any atom is -0.507 e. The normalized spacial score (nSPS) is 11.2. The molecule has 6 aromatic rings. The maximum absolute atomic E-state index is 11.2. The van der Waals surface area contributed by atoms with Gasteiger partial charge in [0.05, 0.1) is 8.95 Å². The Morgan fingerprint density at radius 3 is 1.30 bits per heavy atom. The Morgan fingerprint density at radius 1 is 0.500 bits per heavy atom. The Morgan fingerprint density at radius 2 is 0.900 bits per heavy atom. The summed E-state index contributed by atoms with van der Waals surface area (Å²) in [7, 11) is 0. The van der Waals surface area contributed by atoms with Gasteiger partial charge in [0, 0.05) is 11.1 Å². The van der Waals surface area contributed by atoms with Crippen LogP contribution < -0.4 is 9.47 Å². The fourth-order valence-electron chi connectivity index (χ4n) is 4.84. The van der Waals surface area contributed by atoms with Crippen LogP contribution in [0, 0.1) is 0 Å². The van der Waals surface area contributed by atoms with E-state index in [4.69, 9.17) is 9.47 Å². The molecule has 6 rings (SSSR count). The zero-order valence-electron chi connectivity index (χ0n) is 21.3. The SMILES string of the molecule is Oc1ccc2cc(Br)c(OCc3ccccc3)cc2c1-c1c(O)ccc2cc(Br)c(OCc3ccccc3)cc12. The number of halogens is 2. The number of phenols is 2. The average Bonchev–Trinajstić information content (AvgIpc) is 2.97. The lowest BCUT2D eigenvalue weighted by molar-refractivity contribution is 0.304. The van der Waals surface area contributed by atoms with Crippen LogP contribution in [0.25, 0.3) is 32.7 Å². The third-order valence-corrected chi connectivity index (χ3v) is 8.06. The third-order valence-electron chi connectivity index (χ3n) is 6.82. The van der Waals surface area contributed by atoms with Crippen molar-refractivity contribution in [1.29, 1.82) is 0 Å². The maximum Gasteiger partial charge on any atom is 0.134 e. The van der Waals surface area contributed by atoms with Crippen molar-refractivity contribution in [3.63, 3.8) is 0 Å². The molecule has 0 aliphatic heterocycles. The van der Waals surface area contributed by atoms with Gasteiger partial charge in [-0.15, -0.1) is 0 Å². The van der Waals surface area contributed by atoms with Crippen molar-refractivity contribution in [2.24, 2.45) is 0 Å². The van der Waals surface area contributed by atoms with Gasteiger partial charge in [-0.05, 0) is 101 Å². The van der Waals surface area contributed by atoms with Gasteiger partial charge in [-0.3, -0.25) is 0 Å². The van der Waals surface area contributed by atoms with Gasteiger partial charge < -0.3 is 19.7 Å². The second kappa shape index (κ2) is 11.2. The Balaban J connectivity index is 1.48. The number of hydrogen-bond acceptors (Lipinski definition) is 4. The Labute approximate surface area is 248 Å². The largest absolute Gasteiger partial charge is 0.507 e. The van der Waals surface area contributed by atoms with Gasteiger partial charge >= 0.3 is 0 Å². The molecule has 0 saturated carbocycles. The van der Waals surface area contributed by atoms with E-state index < -0.39 is 0 Å². The number of benzene rings is 6. The number of rotatable bonds is 7. The molecule has 6 aromatic carbocycles. The van der Waals surface area contributed by atoms with E-state index in [0.717, 1.165) is 41.6 Å². The lowest BCUT2D eigenvalue weighted by atomic mass is 9.92. The first kappa shape index (κ1) is 26.2. The van der Waals surface area contributed by atoms with Crippen molar-refractivity contribution in [3.05, 3.63) is 129 Å². The van der Waals surface area contributed by atoms with Crippen molar-refractivity contribution < 1.29 is 19.7 Å². The lowest BCUT2D eigenvalue weighted by Gasteiger charge is -2.17. The predicted molar refractivity (Wildman–Crippen MR) is 167 cm³/mol. The second-order valence-corrected chi connectivity index (χ2v) is 11.2. The van der Waals surface area contributed by atoms with Crippen LogP contribution in [0.15, 0.2) is 118 Å². The Bertz CT molecular complexity index is 1700. The predicted octanol–water partition coefficient (Wildman–Crippen LogP) is 9.75. The quantitative estimate of drug-likeness (QED) is 0.180. The van der Waals surface area contributed by atoms with E-state index in [1.54, 1.807) is 12.1 Å². The van der Waals surface area contributed by atoms with Crippen molar-refractivity contribution in [2.45, 2.75) is 13.2 Å². The lowest BCUT2D eigenvalue weighted by Crippen LogP contribution is -1.97. The first-order valence-corrected chi connectivity index (χ1v) is 14.3. The summed E-state index contributed by atoms with van der Waals surface area (Å²) in [5, 5.41) is 25.7. The molecule has 0 amide bonds. The molecule has 0 heterocycles. The van der Waals surface area contributed by atoms with E-state index in [0.29, 0.717) is 35.8 Å². The smallest absolute Gasteiger partial charge is 0.134 e. The van der Waals surface area contributed by atoms with Crippen LogP contribution in [0.5, 0.6) is 23.0 Å². The number of aromatic hydroxyl groups is 2. The van der Waals surface area contributed by atoms with Crippen molar-refractivity contribution in [3.8, 4) is 34.1 Å². The summed E-state index contributed by atoms with van der Waals surface area (Å²) >= 11 is 7.28. The zero-order valence-corrected chi connectivity index (χ0v) is 24.4. The van der Waals surface area contributed by atoms with Crippen LogP contribution >= 0.6 is 31.9 Å². The van der Waals surface area contributed by atoms with E-state index in [1.807, 2.05) is 97.1 Å². The third kappa shape index (κ3) is 5.25. The monoisotopic (exact) mass is 654 g/mol. The number of ether oxygens (including phenoxy) is 2. The van der Waals surface area contributed by atoms with Crippen molar-refractivity contribution >= 4 is 53.4 Å². The minimum absolute atomic E-state index is 0.0568. The topological polar surface area (TPSA) is 58.9 Å². The first-order chi connectivity index (χ1) is 19.5. The fourth-order valence-corrected chi connectivity index (χ4v) is 5.79. The molecule has 0 fully saturated rings. The molecule has 6 heteroatoms. The van der Waals surface area contributed by atoms with E-state index in [-0.39, 0.29) is 11.5 Å². The summed E-state index contributed by atoms with van der Waals surface area (Å²) in [6.07, 6.45) is 0. The summed E-state index contributed by atoms with van der Waals surface area (Å²) in [6.45, 7) is 0.795. The number of phenolic OH excluding ortho intramolecular Hbond substituents is 2. The van der Waals surface area contributed by atoms with Crippen LogP contribution in [0.2, 0.25) is 0 Å². The highest BCUT2D eigenvalue weighted by Crippen LogP contribution is 2.47. The minimum atomic E-state index is 0.0568. The summed E-state index contributed by atoms with van der Waals surface area (Å²) in [5.41, 5.74) is 3.14. The van der Waals surface area contributed by atoms with Gasteiger partial charge in [0.15, 0.2) is 0 Å². The van der Waals surface area contributed by atoms with Crippen molar-refractivity contribution in [1.82, 2.24) is 0 Å². The van der Waals surface area contributed by atoms with Crippen LogP contribution in [-0.2, 0) is 13.2 Å². The highest BCUT2D eigenvalue weighted by atomic mass is 79.9. The number of fused-ring (bicyclic) bond motifs is 2. The molecule has 0 bridgehead atoms.